The molecule has 0 saturated heterocycles. The first kappa shape index (κ1) is 16.6. The van der Waals surface area contributed by atoms with Crippen molar-refractivity contribution in [3.63, 3.8) is 0 Å². The van der Waals surface area contributed by atoms with Crippen LogP contribution in [0.4, 0.5) is 13.2 Å². The first-order valence-corrected chi connectivity index (χ1v) is 5.70. The number of halogens is 6. The molecule has 16 heavy (non-hydrogen) atoms. The predicted octanol–water partition coefficient (Wildman–Crippen LogP) is 3.41. The summed E-state index contributed by atoms with van der Waals surface area (Å²) in [6.45, 7) is -0.549. The maximum absolute atomic E-state index is 12.2. The molecule has 0 rings (SSSR count). The molecule has 0 spiro atoms. The number of alkyl halides is 6. The molecule has 0 aliphatic heterocycles. The van der Waals surface area contributed by atoms with E-state index in [-0.39, 0.29) is 5.88 Å². The maximum atomic E-state index is 12.2. The smallest absolute Gasteiger partial charge is 0.356 e. The molecule has 97 valence electrons. The third-order valence-corrected chi connectivity index (χ3v) is 3.56. The van der Waals surface area contributed by atoms with Gasteiger partial charge in [0.2, 0.25) is 0 Å². The number of rotatable bonds is 6. The van der Waals surface area contributed by atoms with E-state index in [4.69, 9.17) is 39.5 Å². The second kappa shape index (κ2) is 6.50. The minimum atomic E-state index is -4.39. The van der Waals surface area contributed by atoms with E-state index in [9.17, 15) is 18.3 Å². The SMILES string of the molecule is CC(COC(Cl)(CCl)C(Cl)C[O])C(F)(F)F. The van der Waals surface area contributed by atoms with Crippen LogP contribution in [0.3, 0.4) is 0 Å². The van der Waals surface area contributed by atoms with Crippen molar-refractivity contribution in [1.82, 2.24) is 0 Å². The van der Waals surface area contributed by atoms with Crippen molar-refractivity contribution in [2.75, 3.05) is 19.1 Å². The van der Waals surface area contributed by atoms with E-state index < -0.39 is 35.7 Å². The van der Waals surface area contributed by atoms with Gasteiger partial charge in [0, 0.05) is 0 Å². The first-order valence-electron chi connectivity index (χ1n) is 4.35. The molecule has 0 aromatic heterocycles. The van der Waals surface area contributed by atoms with E-state index in [0.29, 0.717) is 0 Å². The summed E-state index contributed by atoms with van der Waals surface area (Å²) >= 11 is 16.7. The second-order valence-electron chi connectivity index (χ2n) is 3.31. The van der Waals surface area contributed by atoms with Crippen molar-refractivity contribution >= 4 is 34.8 Å². The van der Waals surface area contributed by atoms with Crippen LogP contribution in [0.25, 0.3) is 0 Å². The molecule has 0 amide bonds. The van der Waals surface area contributed by atoms with E-state index in [1.54, 1.807) is 0 Å². The molecule has 0 N–H and O–H groups in total. The quantitative estimate of drug-likeness (QED) is 0.691. The molecule has 1 radical (unpaired) electrons. The van der Waals surface area contributed by atoms with Gasteiger partial charge in [0.25, 0.3) is 0 Å². The van der Waals surface area contributed by atoms with Crippen LogP contribution in [0, 0.1) is 5.92 Å². The van der Waals surface area contributed by atoms with Crippen LogP contribution in [0.1, 0.15) is 6.92 Å². The lowest BCUT2D eigenvalue weighted by molar-refractivity contribution is -0.188. The molecule has 3 atom stereocenters. The third-order valence-electron chi connectivity index (χ3n) is 1.93. The number of ether oxygens (including phenoxy) is 1. The topological polar surface area (TPSA) is 29.1 Å². The van der Waals surface area contributed by atoms with Gasteiger partial charge in [-0.25, -0.2) is 5.11 Å². The molecule has 0 aromatic carbocycles. The molecule has 0 bridgehead atoms. The Bertz CT molecular complexity index is 215. The number of hydrogen-bond donors (Lipinski definition) is 0. The van der Waals surface area contributed by atoms with Crippen molar-refractivity contribution in [1.29, 1.82) is 0 Å². The van der Waals surface area contributed by atoms with Gasteiger partial charge in [0.1, 0.15) is 12.0 Å². The molecular formula is C8H11Cl3F3O2. The van der Waals surface area contributed by atoms with Crippen molar-refractivity contribution in [2.45, 2.75) is 23.5 Å². The van der Waals surface area contributed by atoms with Gasteiger partial charge in [-0.2, -0.15) is 13.2 Å². The minimum Gasteiger partial charge on any atom is -0.356 e. The average Bonchev–Trinajstić information content (AvgIpc) is 2.22. The van der Waals surface area contributed by atoms with Crippen LogP contribution in [0.15, 0.2) is 0 Å². The van der Waals surface area contributed by atoms with Crippen molar-refractivity contribution < 1.29 is 23.0 Å². The Morgan fingerprint density at radius 2 is 1.88 bits per heavy atom. The summed E-state index contributed by atoms with van der Waals surface area (Å²) in [5.74, 6) is -2.07. The van der Waals surface area contributed by atoms with E-state index in [0.717, 1.165) is 6.92 Å². The van der Waals surface area contributed by atoms with Gasteiger partial charge in [-0.05, 0) is 0 Å². The molecule has 8 heteroatoms. The van der Waals surface area contributed by atoms with Crippen LogP contribution in [0.2, 0.25) is 0 Å². The van der Waals surface area contributed by atoms with Gasteiger partial charge in [0.05, 0.1) is 18.4 Å². The summed E-state index contributed by atoms with van der Waals surface area (Å²) in [6, 6.07) is 0. The molecule has 3 unspecified atom stereocenters. The van der Waals surface area contributed by atoms with Crippen LogP contribution < -0.4 is 0 Å². The Morgan fingerprint density at radius 3 is 2.19 bits per heavy atom. The summed E-state index contributed by atoms with van der Waals surface area (Å²) in [7, 11) is 0. The highest BCUT2D eigenvalue weighted by Gasteiger charge is 2.41. The maximum Gasteiger partial charge on any atom is 0.393 e. The highest BCUT2D eigenvalue weighted by atomic mass is 35.5. The fourth-order valence-electron chi connectivity index (χ4n) is 0.695. The van der Waals surface area contributed by atoms with Crippen LogP contribution in [-0.2, 0) is 9.84 Å². The fraction of sp³-hybridized carbons (Fsp3) is 1.00. The Balaban J connectivity index is 4.35. The van der Waals surface area contributed by atoms with E-state index in [1.165, 1.54) is 0 Å². The fourth-order valence-corrected chi connectivity index (χ4v) is 1.30. The van der Waals surface area contributed by atoms with E-state index in [2.05, 4.69) is 0 Å². The van der Waals surface area contributed by atoms with Crippen LogP contribution >= 0.6 is 34.8 Å². The van der Waals surface area contributed by atoms with Crippen LogP contribution in [-0.4, -0.2) is 35.7 Å². The monoisotopic (exact) mass is 301 g/mol. The Morgan fingerprint density at radius 1 is 1.38 bits per heavy atom. The Hall–Kier alpha value is 0.580. The molecule has 0 heterocycles. The van der Waals surface area contributed by atoms with Gasteiger partial charge in [0.15, 0.2) is 5.06 Å². The molecule has 0 aromatic rings. The normalized spacial score (nSPS) is 20.2. The molecule has 0 aliphatic carbocycles. The zero-order valence-electron chi connectivity index (χ0n) is 8.36. The van der Waals surface area contributed by atoms with Crippen molar-refractivity contribution in [2.24, 2.45) is 5.92 Å². The summed E-state index contributed by atoms with van der Waals surface area (Å²) in [4.78, 5) is 0. The predicted molar refractivity (Wildman–Crippen MR) is 55.7 cm³/mol. The van der Waals surface area contributed by atoms with Crippen molar-refractivity contribution in [3.8, 4) is 0 Å². The molecule has 2 nitrogen and oxygen atoms in total. The first-order chi connectivity index (χ1) is 7.17. The third kappa shape index (κ3) is 4.84. The Kier molecular flexibility index (Phi) is 6.73. The largest absolute Gasteiger partial charge is 0.393 e. The summed E-state index contributed by atoms with van der Waals surface area (Å²) in [5.41, 5.74) is 0. The van der Waals surface area contributed by atoms with Gasteiger partial charge in [-0.1, -0.05) is 18.5 Å². The van der Waals surface area contributed by atoms with Gasteiger partial charge in [-0.15, -0.1) is 23.2 Å². The van der Waals surface area contributed by atoms with E-state index in [1.807, 2.05) is 0 Å². The minimum absolute atomic E-state index is 0.366. The lowest BCUT2D eigenvalue weighted by Gasteiger charge is -2.30. The second-order valence-corrected chi connectivity index (χ2v) is 4.74. The zero-order chi connectivity index (χ0) is 13.0. The Labute approximate surface area is 107 Å². The summed E-state index contributed by atoms with van der Waals surface area (Å²) < 4.78 is 41.3. The highest BCUT2D eigenvalue weighted by molar-refractivity contribution is 6.35. The summed E-state index contributed by atoms with van der Waals surface area (Å²) in [6.07, 6.45) is -4.39. The molecule has 0 aliphatic rings. The summed E-state index contributed by atoms with van der Waals surface area (Å²) in [5, 5.41) is 7.55. The zero-order valence-corrected chi connectivity index (χ0v) is 10.6. The van der Waals surface area contributed by atoms with E-state index >= 15 is 0 Å². The van der Waals surface area contributed by atoms with Gasteiger partial charge < -0.3 is 4.74 Å². The standard InChI is InChI=1S/C8H11Cl3F3O2/c1-5(8(12,13)14)3-16-7(11,4-9)6(10)2-15/h5-6H,2-4H2,1H3. The highest BCUT2D eigenvalue weighted by Crippen LogP contribution is 2.32. The molecular weight excluding hydrogens is 291 g/mol. The van der Waals surface area contributed by atoms with Gasteiger partial charge >= 0.3 is 6.18 Å². The average molecular weight is 303 g/mol. The lowest BCUT2D eigenvalue weighted by atomic mass is 10.2. The van der Waals surface area contributed by atoms with Gasteiger partial charge in [-0.3, -0.25) is 0 Å². The lowest BCUT2D eigenvalue weighted by Crippen LogP contribution is -2.42. The van der Waals surface area contributed by atoms with Crippen molar-refractivity contribution in [3.05, 3.63) is 0 Å². The molecule has 0 saturated carbocycles. The molecule has 0 fully saturated rings. The number of hydrogen-bond acceptors (Lipinski definition) is 1. The van der Waals surface area contributed by atoms with Crippen LogP contribution in [0.5, 0.6) is 0 Å².